The lowest BCUT2D eigenvalue weighted by Crippen LogP contribution is -2.60. The van der Waals surface area contributed by atoms with Crippen LogP contribution >= 0.6 is 0 Å². The fourth-order valence-electron chi connectivity index (χ4n) is 4.00. The molecule has 0 unspecified atom stereocenters. The lowest BCUT2D eigenvalue weighted by Gasteiger charge is -2.42. The summed E-state index contributed by atoms with van der Waals surface area (Å²) in [6, 6.07) is 7.95. The molecule has 1 heterocycles. The minimum atomic E-state index is -1.41. The molecule has 1 aliphatic heterocycles. The van der Waals surface area contributed by atoms with E-state index in [1.165, 1.54) is 5.56 Å². The quantitative estimate of drug-likeness (QED) is 0.571. The van der Waals surface area contributed by atoms with Crippen molar-refractivity contribution in [3.8, 4) is 5.75 Å². The zero-order valence-corrected chi connectivity index (χ0v) is 15.6. The molecular weight excluding hydrogens is 352 g/mol. The van der Waals surface area contributed by atoms with Gasteiger partial charge in [-0.25, -0.2) is 0 Å². The molecule has 0 amide bonds. The van der Waals surface area contributed by atoms with E-state index in [0.717, 1.165) is 37.9 Å². The molecule has 0 radical (unpaired) electrons. The molecule has 4 N–H and O–H groups in total. The van der Waals surface area contributed by atoms with Gasteiger partial charge in [-0.2, -0.15) is 0 Å². The zero-order chi connectivity index (χ0) is 19.4. The molecule has 1 saturated heterocycles. The monoisotopic (exact) mass is 382 g/mol. The number of ether oxygens (including phenoxy) is 3. The summed E-state index contributed by atoms with van der Waals surface area (Å²) in [7, 11) is 1.64. The normalized spacial score (nSPS) is 37.1. The molecule has 2 fully saturated rings. The molecular formula is C20H30O7. The van der Waals surface area contributed by atoms with Crippen LogP contribution in [0.1, 0.15) is 31.2 Å². The first kappa shape index (κ1) is 20.5. The molecule has 1 saturated carbocycles. The van der Waals surface area contributed by atoms with Crippen LogP contribution in [0.15, 0.2) is 24.3 Å². The standard InChI is InChI=1S/C20H30O7/c1-25-14-8-6-12(7-9-14)10-13-4-2-3-5-15(13)26-20-19(24)18(23)17(22)16(11-21)27-20/h6-9,13,15-24H,2-5,10-11H2,1H3/t13-,15-,16-,17-,18+,19-,20-/m1/s1. The second-order valence-corrected chi connectivity index (χ2v) is 7.47. The van der Waals surface area contributed by atoms with Crippen molar-refractivity contribution in [3.63, 3.8) is 0 Å². The number of aliphatic hydroxyl groups is 4. The topological polar surface area (TPSA) is 109 Å². The van der Waals surface area contributed by atoms with E-state index in [1.807, 2.05) is 24.3 Å². The van der Waals surface area contributed by atoms with Gasteiger partial charge in [0, 0.05) is 0 Å². The minimum Gasteiger partial charge on any atom is -0.497 e. The van der Waals surface area contributed by atoms with Crippen LogP contribution in [0.3, 0.4) is 0 Å². The Bertz CT molecular complexity index is 576. The molecule has 1 aliphatic carbocycles. The predicted octanol–water partition coefficient (Wildman–Crippen LogP) is 0.613. The molecule has 0 bridgehead atoms. The summed E-state index contributed by atoms with van der Waals surface area (Å²) in [4.78, 5) is 0. The van der Waals surface area contributed by atoms with Crippen molar-refractivity contribution in [2.75, 3.05) is 13.7 Å². The Labute approximate surface area is 159 Å². The number of methoxy groups -OCH3 is 1. The summed E-state index contributed by atoms with van der Waals surface area (Å²) in [6.07, 6.45) is -1.43. The third kappa shape index (κ3) is 4.80. The van der Waals surface area contributed by atoms with Crippen molar-refractivity contribution in [1.82, 2.24) is 0 Å². The molecule has 7 atom stereocenters. The van der Waals surface area contributed by atoms with Crippen molar-refractivity contribution < 1.29 is 34.6 Å². The van der Waals surface area contributed by atoms with Gasteiger partial charge in [0.1, 0.15) is 30.2 Å². The van der Waals surface area contributed by atoms with E-state index in [2.05, 4.69) is 0 Å². The van der Waals surface area contributed by atoms with Gasteiger partial charge in [0.15, 0.2) is 6.29 Å². The minimum absolute atomic E-state index is 0.123. The lowest BCUT2D eigenvalue weighted by molar-refractivity contribution is -0.316. The average molecular weight is 382 g/mol. The molecule has 1 aromatic rings. The first-order chi connectivity index (χ1) is 13.0. The predicted molar refractivity (Wildman–Crippen MR) is 97.3 cm³/mol. The van der Waals surface area contributed by atoms with Crippen LogP contribution in [-0.4, -0.2) is 71.0 Å². The number of aliphatic hydroxyl groups excluding tert-OH is 4. The Hall–Kier alpha value is -1.22. The summed E-state index contributed by atoms with van der Waals surface area (Å²) in [6.45, 7) is -0.454. The first-order valence-corrected chi connectivity index (χ1v) is 9.62. The van der Waals surface area contributed by atoms with Crippen molar-refractivity contribution in [3.05, 3.63) is 29.8 Å². The Morgan fingerprint density at radius 3 is 2.37 bits per heavy atom. The number of benzene rings is 1. The van der Waals surface area contributed by atoms with E-state index in [-0.39, 0.29) is 12.0 Å². The van der Waals surface area contributed by atoms with Crippen LogP contribution in [0.5, 0.6) is 5.75 Å². The first-order valence-electron chi connectivity index (χ1n) is 9.62. The fraction of sp³-hybridized carbons (Fsp3) is 0.700. The number of hydrogen-bond donors (Lipinski definition) is 4. The van der Waals surface area contributed by atoms with Gasteiger partial charge in [0.2, 0.25) is 0 Å². The van der Waals surface area contributed by atoms with Crippen LogP contribution in [0.2, 0.25) is 0 Å². The van der Waals surface area contributed by atoms with Gasteiger partial charge < -0.3 is 34.6 Å². The van der Waals surface area contributed by atoms with Gasteiger partial charge in [-0.3, -0.25) is 0 Å². The average Bonchev–Trinajstić information content (AvgIpc) is 2.70. The van der Waals surface area contributed by atoms with Gasteiger partial charge in [0.05, 0.1) is 19.8 Å². The van der Waals surface area contributed by atoms with Crippen LogP contribution < -0.4 is 4.74 Å². The molecule has 152 valence electrons. The molecule has 1 aromatic carbocycles. The summed E-state index contributed by atoms with van der Waals surface area (Å²) >= 11 is 0. The Kier molecular flexibility index (Phi) is 7.08. The van der Waals surface area contributed by atoms with Crippen molar-refractivity contribution >= 4 is 0 Å². The van der Waals surface area contributed by atoms with Gasteiger partial charge in [-0.15, -0.1) is 0 Å². The van der Waals surface area contributed by atoms with Crippen molar-refractivity contribution in [2.45, 2.75) is 68.9 Å². The summed E-state index contributed by atoms with van der Waals surface area (Å²) < 4.78 is 16.8. The third-order valence-electron chi connectivity index (χ3n) is 5.65. The molecule has 7 heteroatoms. The van der Waals surface area contributed by atoms with Crippen LogP contribution in [0, 0.1) is 5.92 Å². The van der Waals surface area contributed by atoms with E-state index in [4.69, 9.17) is 14.2 Å². The largest absolute Gasteiger partial charge is 0.497 e. The summed E-state index contributed by atoms with van der Waals surface area (Å²) in [5.41, 5.74) is 1.19. The zero-order valence-electron chi connectivity index (χ0n) is 15.6. The maximum atomic E-state index is 10.2. The Morgan fingerprint density at radius 2 is 1.70 bits per heavy atom. The van der Waals surface area contributed by atoms with E-state index in [0.29, 0.717) is 0 Å². The van der Waals surface area contributed by atoms with Crippen molar-refractivity contribution in [1.29, 1.82) is 0 Å². The van der Waals surface area contributed by atoms with Crippen molar-refractivity contribution in [2.24, 2.45) is 5.92 Å². The molecule has 7 nitrogen and oxygen atoms in total. The smallest absolute Gasteiger partial charge is 0.186 e. The number of hydrogen-bond acceptors (Lipinski definition) is 7. The Balaban J connectivity index is 1.65. The van der Waals surface area contributed by atoms with Gasteiger partial charge in [-0.1, -0.05) is 25.0 Å². The van der Waals surface area contributed by atoms with Gasteiger partial charge in [-0.05, 0) is 42.9 Å². The van der Waals surface area contributed by atoms with E-state index in [1.54, 1.807) is 7.11 Å². The maximum Gasteiger partial charge on any atom is 0.186 e. The molecule has 0 spiro atoms. The highest BCUT2D eigenvalue weighted by Gasteiger charge is 2.45. The second-order valence-electron chi connectivity index (χ2n) is 7.47. The maximum absolute atomic E-state index is 10.2. The molecule has 27 heavy (non-hydrogen) atoms. The number of rotatable bonds is 6. The van der Waals surface area contributed by atoms with Gasteiger partial charge >= 0.3 is 0 Å². The molecule has 2 aliphatic rings. The highest BCUT2D eigenvalue weighted by Crippen LogP contribution is 2.33. The highest BCUT2D eigenvalue weighted by atomic mass is 16.7. The Morgan fingerprint density at radius 1 is 1.00 bits per heavy atom. The van der Waals surface area contributed by atoms with Crippen LogP contribution in [-0.2, 0) is 15.9 Å². The SMILES string of the molecule is COc1ccc(C[C@H]2CCCC[C@H]2O[C@@H]2O[C@H](CO)[C@@H](O)[C@H](O)[C@H]2O)cc1. The second kappa shape index (κ2) is 9.32. The van der Waals surface area contributed by atoms with E-state index in [9.17, 15) is 20.4 Å². The molecule has 3 rings (SSSR count). The van der Waals surface area contributed by atoms with Gasteiger partial charge in [0.25, 0.3) is 0 Å². The lowest BCUT2D eigenvalue weighted by atomic mass is 9.82. The third-order valence-corrected chi connectivity index (χ3v) is 5.65. The van der Waals surface area contributed by atoms with E-state index >= 15 is 0 Å². The summed E-state index contributed by atoms with van der Waals surface area (Å²) in [5, 5.41) is 39.4. The van der Waals surface area contributed by atoms with E-state index < -0.39 is 37.3 Å². The van der Waals surface area contributed by atoms with Crippen LogP contribution in [0.4, 0.5) is 0 Å². The highest BCUT2D eigenvalue weighted by molar-refractivity contribution is 5.27. The fourth-order valence-corrected chi connectivity index (χ4v) is 4.00. The van der Waals surface area contributed by atoms with Crippen LogP contribution in [0.25, 0.3) is 0 Å². The molecule has 0 aromatic heterocycles. The summed E-state index contributed by atoms with van der Waals surface area (Å²) in [5.74, 6) is 1.08.